The molecule has 0 spiro atoms. The number of halogens is 1. The van der Waals surface area contributed by atoms with Crippen LogP contribution in [-0.2, 0) is 11.3 Å². The van der Waals surface area contributed by atoms with Crippen molar-refractivity contribution in [2.24, 2.45) is 0 Å². The van der Waals surface area contributed by atoms with E-state index in [2.05, 4.69) is 4.90 Å². The maximum absolute atomic E-state index is 13.9. The first kappa shape index (κ1) is 28.2. The molecule has 2 aliphatic rings. The maximum Gasteiger partial charge on any atom is 0.222 e. The average molecular weight is 529 g/mol. The number of carbonyl (C=O) groups is 1. The van der Waals surface area contributed by atoms with Crippen LogP contribution in [0.15, 0.2) is 42.5 Å². The molecule has 1 N–H and O–H groups in total. The van der Waals surface area contributed by atoms with Crippen molar-refractivity contribution in [3.05, 3.63) is 53.8 Å². The van der Waals surface area contributed by atoms with Crippen molar-refractivity contribution in [1.82, 2.24) is 9.80 Å². The Morgan fingerprint density at radius 1 is 0.947 bits per heavy atom. The van der Waals surface area contributed by atoms with E-state index in [0.717, 1.165) is 63.8 Å². The molecule has 38 heavy (non-hydrogen) atoms. The summed E-state index contributed by atoms with van der Waals surface area (Å²) in [5.74, 6) is 1.40. The van der Waals surface area contributed by atoms with E-state index in [9.17, 15) is 14.3 Å². The fraction of sp³-hybridized carbons (Fsp3) is 0.567. The van der Waals surface area contributed by atoms with E-state index < -0.39 is 11.4 Å². The minimum atomic E-state index is -0.986. The lowest BCUT2D eigenvalue weighted by Gasteiger charge is -2.27. The average Bonchev–Trinajstić information content (AvgIpc) is 3.24. The number of rotatable bonds is 11. The smallest absolute Gasteiger partial charge is 0.222 e. The number of para-hydroxylation sites is 1. The van der Waals surface area contributed by atoms with E-state index in [1.807, 2.05) is 23.1 Å². The highest BCUT2D eigenvalue weighted by atomic mass is 19.1. The highest BCUT2D eigenvalue weighted by molar-refractivity contribution is 5.76. The van der Waals surface area contributed by atoms with Crippen LogP contribution in [0.2, 0.25) is 0 Å². The van der Waals surface area contributed by atoms with E-state index in [-0.39, 0.29) is 18.3 Å². The third-order valence-electron chi connectivity index (χ3n) is 7.48. The zero-order valence-corrected chi connectivity index (χ0v) is 22.5. The van der Waals surface area contributed by atoms with Crippen LogP contribution >= 0.6 is 0 Å². The van der Waals surface area contributed by atoms with Gasteiger partial charge in [-0.3, -0.25) is 9.69 Å². The molecular weight excluding hydrogens is 487 g/mol. The van der Waals surface area contributed by atoms with Gasteiger partial charge in [-0.2, -0.15) is 0 Å². The summed E-state index contributed by atoms with van der Waals surface area (Å²) in [7, 11) is 1.64. The molecule has 2 fully saturated rings. The van der Waals surface area contributed by atoms with Crippen molar-refractivity contribution < 1.29 is 28.5 Å². The molecule has 0 radical (unpaired) electrons. The first-order valence-electron chi connectivity index (χ1n) is 13.9. The number of methoxy groups -OCH3 is 1. The number of hydrogen-bond acceptors (Lipinski definition) is 6. The van der Waals surface area contributed by atoms with Gasteiger partial charge in [0.05, 0.1) is 19.3 Å². The van der Waals surface area contributed by atoms with E-state index in [1.54, 1.807) is 25.3 Å². The number of hydrogen-bond donors (Lipinski definition) is 1. The SMILES string of the molecule is COc1ccc(CN2CCC[C@@](O)(COc3ccccc3F)CC2)cc1OCCCN1CCCCCC1=O. The predicted molar refractivity (Wildman–Crippen MR) is 144 cm³/mol. The lowest BCUT2D eigenvalue weighted by atomic mass is 9.96. The van der Waals surface area contributed by atoms with E-state index in [4.69, 9.17) is 14.2 Å². The second-order valence-electron chi connectivity index (χ2n) is 10.5. The van der Waals surface area contributed by atoms with Gasteiger partial charge in [-0.15, -0.1) is 0 Å². The molecule has 1 amide bonds. The van der Waals surface area contributed by atoms with Crippen LogP contribution in [0.3, 0.4) is 0 Å². The van der Waals surface area contributed by atoms with Crippen LogP contribution < -0.4 is 14.2 Å². The fourth-order valence-electron chi connectivity index (χ4n) is 5.21. The molecule has 2 aromatic rings. The number of aliphatic hydroxyl groups is 1. The third-order valence-corrected chi connectivity index (χ3v) is 7.48. The van der Waals surface area contributed by atoms with Gasteiger partial charge in [0.1, 0.15) is 6.61 Å². The van der Waals surface area contributed by atoms with Gasteiger partial charge >= 0.3 is 0 Å². The first-order valence-corrected chi connectivity index (χ1v) is 13.9. The summed E-state index contributed by atoms with van der Waals surface area (Å²) in [6.07, 6.45) is 6.61. The monoisotopic (exact) mass is 528 g/mol. The number of ether oxygens (including phenoxy) is 3. The Balaban J connectivity index is 1.27. The topological polar surface area (TPSA) is 71.5 Å². The van der Waals surface area contributed by atoms with Crippen LogP contribution in [-0.4, -0.2) is 72.9 Å². The van der Waals surface area contributed by atoms with Gasteiger partial charge in [-0.25, -0.2) is 4.39 Å². The van der Waals surface area contributed by atoms with Gasteiger partial charge in [-0.05, 0) is 74.9 Å². The van der Waals surface area contributed by atoms with E-state index >= 15 is 0 Å². The maximum atomic E-state index is 13.9. The second-order valence-corrected chi connectivity index (χ2v) is 10.5. The Kier molecular flexibility index (Phi) is 10.2. The molecule has 2 aromatic carbocycles. The molecular formula is C30H41FN2O5. The van der Waals surface area contributed by atoms with Crippen molar-refractivity contribution in [3.63, 3.8) is 0 Å². The standard InChI is InChI=1S/C30H41FN2O5/c1-36-27-13-12-24(21-28(27)37-20-8-18-33-17-6-2-3-11-29(33)34)22-32-16-7-14-30(35,15-19-32)23-38-26-10-5-4-9-25(26)31/h4-5,9-10,12-13,21,35H,2-3,6-8,11,14-20,22-23H2,1H3/t30-/m0/s1. The van der Waals surface area contributed by atoms with Crippen molar-refractivity contribution in [2.45, 2.75) is 63.5 Å². The molecule has 8 heteroatoms. The fourth-order valence-corrected chi connectivity index (χ4v) is 5.21. The Hall–Kier alpha value is -2.84. The van der Waals surface area contributed by atoms with Crippen molar-refractivity contribution in [1.29, 1.82) is 0 Å². The molecule has 208 valence electrons. The van der Waals surface area contributed by atoms with Gasteiger partial charge in [0.2, 0.25) is 5.91 Å². The summed E-state index contributed by atoms with van der Waals surface area (Å²) in [5.41, 5.74) is 0.122. The molecule has 0 unspecified atom stereocenters. The van der Waals surface area contributed by atoms with Crippen LogP contribution in [0, 0.1) is 5.82 Å². The molecule has 0 aliphatic carbocycles. The second kappa shape index (κ2) is 13.8. The molecule has 4 rings (SSSR count). The van der Waals surface area contributed by atoms with Crippen LogP contribution in [0.25, 0.3) is 0 Å². The minimum absolute atomic E-state index is 0.0747. The number of nitrogens with zero attached hydrogens (tertiary/aromatic N) is 2. The summed E-state index contributed by atoms with van der Waals surface area (Å²) in [6, 6.07) is 12.3. The zero-order valence-electron chi connectivity index (χ0n) is 22.5. The zero-order chi connectivity index (χ0) is 26.8. The Labute approximate surface area is 225 Å². The largest absolute Gasteiger partial charge is 0.493 e. The molecule has 2 aliphatic heterocycles. The summed E-state index contributed by atoms with van der Waals surface area (Å²) in [4.78, 5) is 16.5. The van der Waals surface area contributed by atoms with Crippen molar-refractivity contribution >= 4 is 5.91 Å². The highest BCUT2D eigenvalue weighted by Gasteiger charge is 2.31. The predicted octanol–water partition coefficient (Wildman–Crippen LogP) is 4.80. The molecule has 0 aromatic heterocycles. The van der Waals surface area contributed by atoms with E-state index in [1.165, 1.54) is 6.07 Å². The van der Waals surface area contributed by atoms with Gasteiger partial charge in [-0.1, -0.05) is 24.6 Å². The number of carbonyl (C=O) groups excluding carboxylic acids is 1. The van der Waals surface area contributed by atoms with Gasteiger partial charge in [0, 0.05) is 32.6 Å². The lowest BCUT2D eigenvalue weighted by molar-refractivity contribution is -0.130. The summed E-state index contributed by atoms with van der Waals surface area (Å²) >= 11 is 0. The summed E-state index contributed by atoms with van der Waals surface area (Å²) in [6.45, 7) is 4.45. The third kappa shape index (κ3) is 8.08. The van der Waals surface area contributed by atoms with E-state index in [0.29, 0.717) is 43.9 Å². The van der Waals surface area contributed by atoms with Crippen LogP contribution in [0.5, 0.6) is 17.2 Å². The molecule has 2 heterocycles. The van der Waals surface area contributed by atoms with Crippen LogP contribution in [0.1, 0.15) is 56.9 Å². The molecule has 1 atom stereocenters. The number of benzene rings is 2. The van der Waals surface area contributed by atoms with Crippen molar-refractivity contribution in [2.75, 3.05) is 46.5 Å². The molecule has 0 saturated carbocycles. The summed E-state index contributed by atoms with van der Waals surface area (Å²) in [5, 5.41) is 11.1. The molecule has 2 saturated heterocycles. The van der Waals surface area contributed by atoms with Gasteiger partial charge < -0.3 is 24.2 Å². The number of likely N-dealkylation sites (tertiary alicyclic amines) is 2. The number of amides is 1. The lowest BCUT2D eigenvalue weighted by Crippen LogP contribution is -2.37. The molecule has 0 bridgehead atoms. The Morgan fingerprint density at radius 3 is 2.66 bits per heavy atom. The first-order chi connectivity index (χ1) is 18.5. The van der Waals surface area contributed by atoms with Crippen LogP contribution in [0.4, 0.5) is 4.39 Å². The van der Waals surface area contributed by atoms with Crippen molar-refractivity contribution in [3.8, 4) is 17.2 Å². The Morgan fingerprint density at radius 2 is 1.82 bits per heavy atom. The quantitative estimate of drug-likeness (QED) is 0.423. The van der Waals surface area contributed by atoms with Gasteiger partial charge in [0.25, 0.3) is 0 Å². The minimum Gasteiger partial charge on any atom is -0.493 e. The highest BCUT2D eigenvalue weighted by Crippen LogP contribution is 2.30. The normalized spacial score (nSPS) is 21.0. The molecule has 7 nitrogen and oxygen atoms in total. The Bertz CT molecular complexity index is 1050. The van der Waals surface area contributed by atoms with Gasteiger partial charge in [0.15, 0.2) is 23.1 Å². The summed E-state index contributed by atoms with van der Waals surface area (Å²) < 4.78 is 31.1.